The Bertz CT molecular complexity index is 574. The fraction of sp³-hybridized carbons (Fsp3) is 0.444. The van der Waals surface area contributed by atoms with Crippen LogP contribution >= 0.6 is 0 Å². The first kappa shape index (κ1) is 21.1. The van der Waals surface area contributed by atoms with Crippen molar-refractivity contribution in [2.45, 2.75) is 52.4 Å². The number of unbranched alkanes of at least 4 members (excludes halogenated alkanes) is 2. The number of carbonyl (C=O) groups excluding carboxylic acids is 4. The molecule has 26 heavy (non-hydrogen) atoms. The molecule has 0 saturated heterocycles. The fourth-order valence-electron chi connectivity index (χ4n) is 1.97. The van der Waals surface area contributed by atoms with Crippen molar-refractivity contribution in [1.82, 2.24) is 21.7 Å². The Morgan fingerprint density at radius 2 is 1.00 bits per heavy atom. The summed E-state index contributed by atoms with van der Waals surface area (Å²) in [7, 11) is 0. The van der Waals surface area contributed by atoms with E-state index in [1.807, 2.05) is 13.8 Å². The third kappa shape index (κ3) is 7.78. The largest absolute Gasteiger partial charge is 0.273 e. The van der Waals surface area contributed by atoms with Crippen LogP contribution in [0.5, 0.6) is 0 Å². The third-order valence-corrected chi connectivity index (χ3v) is 3.55. The monoisotopic (exact) mass is 362 g/mol. The Hall–Kier alpha value is -2.90. The van der Waals surface area contributed by atoms with Crippen molar-refractivity contribution >= 4 is 23.6 Å². The van der Waals surface area contributed by atoms with Crippen molar-refractivity contribution in [2.75, 3.05) is 0 Å². The summed E-state index contributed by atoms with van der Waals surface area (Å²) in [5.74, 6) is -1.46. The van der Waals surface area contributed by atoms with Gasteiger partial charge < -0.3 is 0 Å². The topological polar surface area (TPSA) is 116 Å². The van der Waals surface area contributed by atoms with Crippen molar-refractivity contribution in [3.8, 4) is 0 Å². The molecule has 0 heterocycles. The maximum Gasteiger partial charge on any atom is 0.269 e. The molecule has 8 nitrogen and oxygen atoms in total. The van der Waals surface area contributed by atoms with E-state index in [1.54, 1.807) is 0 Å². The lowest BCUT2D eigenvalue weighted by Gasteiger charge is -2.09. The van der Waals surface area contributed by atoms with Crippen LogP contribution in [-0.4, -0.2) is 23.6 Å². The third-order valence-electron chi connectivity index (χ3n) is 3.55. The van der Waals surface area contributed by atoms with Crippen molar-refractivity contribution in [2.24, 2.45) is 0 Å². The summed E-state index contributed by atoms with van der Waals surface area (Å²) in [6.07, 6.45) is 3.98. The second-order valence-corrected chi connectivity index (χ2v) is 5.79. The number of carbonyl (C=O) groups is 4. The molecular weight excluding hydrogens is 336 g/mol. The summed E-state index contributed by atoms with van der Waals surface area (Å²) in [6.45, 7) is 3.94. The smallest absolute Gasteiger partial charge is 0.269 e. The Morgan fingerprint density at radius 3 is 1.31 bits per heavy atom. The summed E-state index contributed by atoms with van der Waals surface area (Å²) in [5, 5.41) is 0. The average Bonchev–Trinajstić information content (AvgIpc) is 2.66. The van der Waals surface area contributed by atoms with E-state index < -0.39 is 11.8 Å². The number of hydrogen-bond donors (Lipinski definition) is 4. The Labute approximate surface area is 153 Å². The van der Waals surface area contributed by atoms with E-state index >= 15 is 0 Å². The van der Waals surface area contributed by atoms with Gasteiger partial charge in [0, 0.05) is 24.0 Å². The highest BCUT2D eigenvalue weighted by atomic mass is 16.2. The van der Waals surface area contributed by atoms with Crippen molar-refractivity contribution in [1.29, 1.82) is 0 Å². The molecule has 0 unspecified atom stereocenters. The number of nitrogens with one attached hydrogen (secondary N) is 4. The average molecular weight is 362 g/mol. The predicted octanol–water partition coefficient (Wildman–Crippen LogP) is 1.59. The summed E-state index contributed by atoms with van der Waals surface area (Å²) in [5.41, 5.74) is 9.91. The minimum atomic E-state index is -0.477. The highest BCUT2D eigenvalue weighted by Crippen LogP contribution is 2.04. The quantitative estimate of drug-likeness (QED) is 0.525. The van der Waals surface area contributed by atoms with Gasteiger partial charge >= 0.3 is 0 Å². The standard InChI is InChI=1S/C18H26N4O4/c1-3-5-7-15(23)19-21-17(25)13-9-11-14(12-10-13)18(26)22-20-16(24)8-6-4-2/h9-12H,3-8H2,1-2H3,(H,19,23)(H,20,24)(H,21,25)(H,22,26). The molecule has 4 N–H and O–H groups in total. The van der Waals surface area contributed by atoms with E-state index in [0.29, 0.717) is 24.0 Å². The molecule has 0 aliphatic rings. The first-order chi connectivity index (χ1) is 12.5. The Balaban J connectivity index is 2.46. The van der Waals surface area contributed by atoms with E-state index in [2.05, 4.69) is 21.7 Å². The van der Waals surface area contributed by atoms with E-state index in [0.717, 1.165) is 25.7 Å². The lowest BCUT2D eigenvalue weighted by Crippen LogP contribution is -2.42. The first-order valence-electron chi connectivity index (χ1n) is 8.76. The highest BCUT2D eigenvalue weighted by Gasteiger charge is 2.10. The van der Waals surface area contributed by atoms with Gasteiger partial charge in [-0.1, -0.05) is 26.7 Å². The van der Waals surface area contributed by atoms with Gasteiger partial charge in [-0.3, -0.25) is 40.9 Å². The molecule has 0 aliphatic carbocycles. The Morgan fingerprint density at radius 1 is 0.654 bits per heavy atom. The normalized spacial score (nSPS) is 9.92. The van der Waals surface area contributed by atoms with E-state index in [9.17, 15) is 19.2 Å². The molecule has 0 fully saturated rings. The minimum Gasteiger partial charge on any atom is -0.273 e. The molecule has 1 aromatic carbocycles. The molecule has 0 radical (unpaired) electrons. The van der Waals surface area contributed by atoms with Crippen LogP contribution in [0.1, 0.15) is 73.1 Å². The van der Waals surface area contributed by atoms with Crippen LogP contribution in [0.2, 0.25) is 0 Å². The molecule has 0 atom stereocenters. The molecule has 142 valence electrons. The van der Waals surface area contributed by atoms with Crippen molar-refractivity contribution < 1.29 is 19.2 Å². The highest BCUT2D eigenvalue weighted by molar-refractivity contribution is 5.98. The Kier molecular flexibility index (Phi) is 9.45. The van der Waals surface area contributed by atoms with Gasteiger partial charge in [0.1, 0.15) is 0 Å². The van der Waals surface area contributed by atoms with Gasteiger partial charge in [-0.2, -0.15) is 0 Å². The first-order valence-corrected chi connectivity index (χ1v) is 8.76. The summed E-state index contributed by atoms with van der Waals surface area (Å²) in [6, 6.07) is 5.84. The lowest BCUT2D eigenvalue weighted by molar-refractivity contribution is -0.122. The molecule has 1 aromatic rings. The van der Waals surface area contributed by atoms with Crippen LogP contribution in [0.25, 0.3) is 0 Å². The molecule has 0 bridgehead atoms. The second kappa shape index (κ2) is 11.6. The van der Waals surface area contributed by atoms with Crippen LogP contribution in [0, 0.1) is 0 Å². The van der Waals surface area contributed by atoms with Crippen LogP contribution < -0.4 is 21.7 Å². The summed E-state index contributed by atoms with van der Waals surface area (Å²) in [4.78, 5) is 46.8. The van der Waals surface area contributed by atoms with Gasteiger partial charge in [0.25, 0.3) is 11.8 Å². The minimum absolute atomic E-state index is 0.255. The number of hydrazine groups is 2. The zero-order valence-corrected chi connectivity index (χ0v) is 15.2. The van der Waals surface area contributed by atoms with E-state index in [4.69, 9.17) is 0 Å². The summed E-state index contributed by atoms with van der Waals surface area (Å²) >= 11 is 0. The zero-order chi connectivity index (χ0) is 19.4. The van der Waals surface area contributed by atoms with E-state index in [-0.39, 0.29) is 11.8 Å². The summed E-state index contributed by atoms with van der Waals surface area (Å²) < 4.78 is 0. The molecule has 1 rings (SSSR count). The van der Waals surface area contributed by atoms with Crippen molar-refractivity contribution in [3.63, 3.8) is 0 Å². The van der Waals surface area contributed by atoms with Gasteiger partial charge in [-0.25, -0.2) is 0 Å². The van der Waals surface area contributed by atoms with Crippen LogP contribution in [0.15, 0.2) is 24.3 Å². The molecule has 0 aliphatic heterocycles. The SMILES string of the molecule is CCCCC(=O)NNC(=O)c1ccc(C(=O)NNC(=O)CCCC)cc1. The zero-order valence-electron chi connectivity index (χ0n) is 15.2. The maximum atomic E-state index is 11.9. The molecular formula is C18H26N4O4. The van der Waals surface area contributed by atoms with Gasteiger partial charge in [-0.15, -0.1) is 0 Å². The fourth-order valence-corrected chi connectivity index (χ4v) is 1.97. The molecule has 0 spiro atoms. The molecule has 0 saturated carbocycles. The molecule has 4 amide bonds. The maximum absolute atomic E-state index is 11.9. The number of rotatable bonds is 8. The van der Waals surface area contributed by atoms with Gasteiger partial charge in [0.2, 0.25) is 11.8 Å². The lowest BCUT2D eigenvalue weighted by atomic mass is 10.1. The number of amides is 4. The van der Waals surface area contributed by atoms with Crippen LogP contribution in [0.4, 0.5) is 0 Å². The molecule has 0 aromatic heterocycles. The van der Waals surface area contributed by atoms with Gasteiger partial charge in [-0.05, 0) is 37.1 Å². The van der Waals surface area contributed by atoms with Gasteiger partial charge in [0.05, 0.1) is 0 Å². The van der Waals surface area contributed by atoms with E-state index in [1.165, 1.54) is 24.3 Å². The second-order valence-electron chi connectivity index (χ2n) is 5.79. The number of benzene rings is 1. The number of hydrogen-bond acceptors (Lipinski definition) is 4. The predicted molar refractivity (Wildman–Crippen MR) is 96.7 cm³/mol. The van der Waals surface area contributed by atoms with Crippen LogP contribution in [-0.2, 0) is 9.59 Å². The van der Waals surface area contributed by atoms with Crippen molar-refractivity contribution in [3.05, 3.63) is 35.4 Å². The van der Waals surface area contributed by atoms with Gasteiger partial charge in [0.15, 0.2) is 0 Å². The van der Waals surface area contributed by atoms with Crippen LogP contribution in [0.3, 0.4) is 0 Å². The molecule has 8 heteroatoms.